The van der Waals surface area contributed by atoms with Crippen LogP contribution in [0.15, 0.2) is 17.9 Å². The fraction of sp³-hybridized carbons (Fsp3) is 0.364. The van der Waals surface area contributed by atoms with Crippen molar-refractivity contribution in [3.8, 4) is 0 Å². The van der Waals surface area contributed by atoms with Gasteiger partial charge >= 0.3 is 0 Å². The molecule has 0 saturated carbocycles. The lowest BCUT2D eigenvalue weighted by Crippen LogP contribution is -2.01. The Morgan fingerprint density at radius 1 is 1.31 bits per heavy atom. The second-order valence-corrected chi connectivity index (χ2v) is 4.78. The monoisotopic (exact) mass is 253 g/mol. The Labute approximate surface area is 104 Å². The molecule has 2 aromatic heterocycles. The Morgan fingerprint density at radius 3 is 2.88 bits per heavy atom. The topological polar surface area (TPSA) is 38.7 Å². The molecule has 3 nitrogen and oxygen atoms in total. The third kappa shape index (κ3) is 2.57. The van der Waals surface area contributed by atoms with Crippen LogP contribution in [-0.2, 0) is 12.8 Å². The van der Waals surface area contributed by atoms with Crippen molar-refractivity contribution in [2.24, 2.45) is 0 Å². The average Bonchev–Trinajstić information content (AvgIpc) is 2.76. The third-order valence-corrected chi connectivity index (χ3v) is 3.39. The van der Waals surface area contributed by atoms with Crippen LogP contribution in [-0.4, -0.2) is 15.0 Å². The van der Waals surface area contributed by atoms with Crippen molar-refractivity contribution in [1.82, 2.24) is 15.0 Å². The minimum Gasteiger partial charge on any atom is -0.249 e. The van der Waals surface area contributed by atoms with Crippen LogP contribution in [0.25, 0.3) is 0 Å². The van der Waals surface area contributed by atoms with E-state index < -0.39 is 0 Å². The Morgan fingerprint density at radius 2 is 2.19 bits per heavy atom. The summed E-state index contributed by atoms with van der Waals surface area (Å²) in [5.74, 6) is 0. The highest BCUT2D eigenvalue weighted by molar-refractivity contribution is 7.09. The van der Waals surface area contributed by atoms with Crippen LogP contribution in [0.1, 0.15) is 29.6 Å². The molecule has 2 heterocycles. The molecule has 0 unspecified atom stereocenters. The maximum absolute atomic E-state index is 6.08. The highest BCUT2D eigenvalue weighted by atomic mass is 35.5. The number of rotatable bonds is 4. The van der Waals surface area contributed by atoms with Crippen molar-refractivity contribution >= 4 is 22.9 Å². The van der Waals surface area contributed by atoms with E-state index in [-0.39, 0.29) is 0 Å². The normalized spacial score (nSPS) is 10.6. The van der Waals surface area contributed by atoms with E-state index in [1.165, 1.54) is 6.33 Å². The number of aromatic nitrogens is 3. The van der Waals surface area contributed by atoms with Gasteiger partial charge in [0.15, 0.2) is 0 Å². The van der Waals surface area contributed by atoms with Gasteiger partial charge in [-0.15, -0.1) is 11.3 Å². The van der Waals surface area contributed by atoms with Gasteiger partial charge in [0.1, 0.15) is 11.5 Å². The molecule has 0 saturated heterocycles. The predicted molar refractivity (Wildman–Crippen MR) is 66.0 cm³/mol. The third-order valence-electron chi connectivity index (χ3n) is 2.28. The summed E-state index contributed by atoms with van der Waals surface area (Å²) >= 11 is 7.72. The lowest BCUT2D eigenvalue weighted by Gasteiger charge is -2.07. The Bertz CT molecular complexity index is 456. The quantitative estimate of drug-likeness (QED) is 0.786. The maximum Gasteiger partial charge on any atom is 0.135 e. The van der Waals surface area contributed by atoms with E-state index in [0.717, 1.165) is 35.5 Å². The molecule has 0 bridgehead atoms. The largest absolute Gasteiger partial charge is 0.249 e. The van der Waals surface area contributed by atoms with Gasteiger partial charge < -0.3 is 0 Å². The smallest absolute Gasteiger partial charge is 0.135 e. The lowest BCUT2D eigenvalue weighted by molar-refractivity contribution is 0.865. The Kier molecular flexibility index (Phi) is 3.85. The van der Waals surface area contributed by atoms with Crippen LogP contribution in [0.3, 0.4) is 0 Å². The molecule has 0 fully saturated rings. The van der Waals surface area contributed by atoms with Crippen LogP contribution in [0.2, 0.25) is 5.15 Å². The molecular weight excluding hydrogens is 242 g/mol. The predicted octanol–water partition coefficient (Wildman–Crippen LogP) is 3.13. The SMILES string of the molecule is CCCc1c(Cl)ncnc1Cc1nccs1. The van der Waals surface area contributed by atoms with Crippen LogP contribution in [0.4, 0.5) is 0 Å². The molecule has 0 aliphatic rings. The number of nitrogens with zero attached hydrogens (tertiary/aromatic N) is 3. The molecule has 0 amide bonds. The van der Waals surface area contributed by atoms with Crippen LogP contribution in [0, 0.1) is 0 Å². The van der Waals surface area contributed by atoms with Crippen molar-refractivity contribution in [3.05, 3.63) is 39.3 Å². The minimum atomic E-state index is 0.573. The van der Waals surface area contributed by atoms with Crippen LogP contribution >= 0.6 is 22.9 Å². The highest BCUT2D eigenvalue weighted by Gasteiger charge is 2.10. The van der Waals surface area contributed by atoms with E-state index in [1.54, 1.807) is 11.3 Å². The fourth-order valence-corrected chi connectivity index (χ4v) is 2.43. The van der Waals surface area contributed by atoms with E-state index in [0.29, 0.717) is 5.15 Å². The summed E-state index contributed by atoms with van der Waals surface area (Å²) in [4.78, 5) is 12.6. The van der Waals surface area contributed by atoms with Gasteiger partial charge in [0.05, 0.1) is 10.7 Å². The Hall–Kier alpha value is -1.000. The average molecular weight is 254 g/mol. The summed E-state index contributed by atoms with van der Waals surface area (Å²) in [6.45, 7) is 2.12. The molecule has 0 atom stereocenters. The first-order chi connectivity index (χ1) is 7.81. The zero-order valence-corrected chi connectivity index (χ0v) is 10.6. The first kappa shape index (κ1) is 11.5. The van der Waals surface area contributed by atoms with Gasteiger partial charge in [0.2, 0.25) is 0 Å². The van der Waals surface area contributed by atoms with Gasteiger partial charge in [-0.25, -0.2) is 15.0 Å². The standard InChI is InChI=1S/C11H12ClN3S/c1-2-3-8-9(14-7-15-11(8)12)6-10-13-4-5-16-10/h4-5,7H,2-3,6H2,1H3. The van der Waals surface area contributed by atoms with Crippen molar-refractivity contribution in [2.75, 3.05) is 0 Å². The van der Waals surface area contributed by atoms with Gasteiger partial charge in [-0.05, 0) is 6.42 Å². The lowest BCUT2D eigenvalue weighted by atomic mass is 10.1. The van der Waals surface area contributed by atoms with Gasteiger partial charge in [0, 0.05) is 23.6 Å². The number of hydrogen-bond donors (Lipinski definition) is 0. The van der Waals surface area contributed by atoms with Gasteiger partial charge in [-0.2, -0.15) is 0 Å². The van der Waals surface area contributed by atoms with E-state index in [1.807, 2.05) is 11.6 Å². The molecule has 0 aromatic carbocycles. The first-order valence-electron chi connectivity index (χ1n) is 5.18. The van der Waals surface area contributed by atoms with Crippen molar-refractivity contribution in [2.45, 2.75) is 26.2 Å². The van der Waals surface area contributed by atoms with E-state index in [4.69, 9.17) is 11.6 Å². The summed E-state index contributed by atoms with van der Waals surface area (Å²) in [6.07, 6.45) is 6.03. The molecule has 84 valence electrons. The second kappa shape index (κ2) is 5.37. The zero-order valence-electron chi connectivity index (χ0n) is 8.98. The number of thiazole rings is 1. The molecule has 0 N–H and O–H groups in total. The van der Waals surface area contributed by atoms with Crippen molar-refractivity contribution in [3.63, 3.8) is 0 Å². The Balaban J connectivity index is 2.29. The highest BCUT2D eigenvalue weighted by Crippen LogP contribution is 2.20. The van der Waals surface area contributed by atoms with E-state index >= 15 is 0 Å². The van der Waals surface area contributed by atoms with Crippen molar-refractivity contribution in [1.29, 1.82) is 0 Å². The zero-order chi connectivity index (χ0) is 11.4. The summed E-state index contributed by atoms with van der Waals surface area (Å²) in [5, 5.41) is 3.60. The molecular formula is C11H12ClN3S. The second-order valence-electron chi connectivity index (χ2n) is 3.44. The van der Waals surface area contributed by atoms with Crippen LogP contribution in [0.5, 0.6) is 0 Å². The first-order valence-corrected chi connectivity index (χ1v) is 6.43. The van der Waals surface area contributed by atoms with Gasteiger partial charge in [-0.1, -0.05) is 24.9 Å². The molecule has 0 spiro atoms. The molecule has 0 radical (unpaired) electrons. The van der Waals surface area contributed by atoms with E-state index in [2.05, 4.69) is 21.9 Å². The summed E-state index contributed by atoms with van der Waals surface area (Å²) in [6, 6.07) is 0. The number of halogens is 1. The fourth-order valence-electron chi connectivity index (χ4n) is 1.56. The van der Waals surface area contributed by atoms with Crippen molar-refractivity contribution < 1.29 is 0 Å². The molecule has 0 aliphatic heterocycles. The summed E-state index contributed by atoms with van der Waals surface area (Å²) in [5.41, 5.74) is 2.05. The molecule has 2 rings (SSSR count). The van der Waals surface area contributed by atoms with Crippen LogP contribution < -0.4 is 0 Å². The summed E-state index contributed by atoms with van der Waals surface area (Å²) in [7, 11) is 0. The van der Waals surface area contributed by atoms with Gasteiger partial charge in [-0.3, -0.25) is 0 Å². The molecule has 5 heteroatoms. The maximum atomic E-state index is 6.08. The van der Waals surface area contributed by atoms with Gasteiger partial charge in [0.25, 0.3) is 0 Å². The molecule has 2 aromatic rings. The minimum absolute atomic E-state index is 0.573. The molecule has 0 aliphatic carbocycles. The molecule has 16 heavy (non-hydrogen) atoms. The number of hydrogen-bond acceptors (Lipinski definition) is 4. The van der Waals surface area contributed by atoms with E-state index in [9.17, 15) is 0 Å². The summed E-state index contributed by atoms with van der Waals surface area (Å²) < 4.78 is 0.